The molecule has 7 nitrogen and oxygen atoms in total. The Hall–Kier alpha value is -2.31. The number of carbonyl (C=O) groups is 3. The zero-order valence-corrected chi connectivity index (χ0v) is 12.5. The van der Waals surface area contributed by atoms with Crippen molar-refractivity contribution in [1.29, 1.82) is 0 Å². The SMILES string of the molecule is CN(CC(=O)NC(C(=O)O)C(C)(C)C)C(=O)c1ccco1. The van der Waals surface area contributed by atoms with Crippen LogP contribution >= 0.6 is 0 Å². The van der Waals surface area contributed by atoms with Crippen molar-refractivity contribution in [3.8, 4) is 0 Å². The molecule has 0 saturated carbocycles. The molecule has 21 heavy (non-hydrogen) atoms. The second kappa shape index (κ2) is 6.43. The first-order valence-electron chi connectivity index (χ1n) is 6.44. The maximum absolute atomic E-state index is 11.9. The molecule has 2 amide bonds. The molecule has 1 aromatic rings. The minimum atomic E-state index is -1.11. The average molecular weight is 296 g/mol. The molecule has 1 aromatic heterocycles. The molecule has 0 aromatic carbocycles. The van der Waals surface area contributed by atoms with Crippen LogP contribution in [0.5, 0.6) is 0 Å². The molecule has 1 atom stereocenters. The van der Waals surface area contributed by atoms with Gasteiger partial charge in [0.25, 0.3) is 5.91 Å². The third kappa shape index (κ3) is 4.62. The molecule has 0 aliphatic heterocycles. The summed E-state index contributed by atoms with van der Waals surface area (Å²) >= 11 is 0. The molecular weight excluding hydrogens is 276 g/mol. The Balaban J connectivity index is 2.64. The summed E-state index contributed by atoms with van der Waals surface area (Å²) in [6.07, 6.45) is 1.36. The van der Waals surface area contributed by atoms with Crippen LogP contribution < -0.4 is 5.32 Å². The lowest BCUT2D eigenvalue weighted by atomic mass is 9.87. The fourth-order valence-corrected chi connectivity index (χ4v) is 1.73. The van der Waals surface area contributed by atoms with E-state index in [1.54, 1.807) is 26.8 Å². The number of rotatable bonds is 5. The van der Waals surface area contributed by atoms with Crippen LogP contribution in [-0.2, 0) is 9.59 Å². The van der Waals surface area contributed by atoms with E-state index in [4.69, 9.17) is 9.52 Å². The molecule has 0 fully saturated rings. The Labute approximate surface area is 122 Å². The maximum Gasteiger partial charge on any atom is 0.326 e. The van der Waals surface area contributed by atoms with E-state index in [2.05, 4.69) is 5.32 Å². The number of hydrogen-bond acceptors (Lipinski definition) is 4. The zero-order chi connectivity index (χ0) is 16.2. The van der Waals surface area contributed by atoms with E-state index in [-0.39, 0.29) is 12.3 Å². The maximum atomic E-state index is 11.9. The number of carboxylic acid groups (broad SMARTS) is 1. The third-order valence-corrected chi connectivity index (χ3v) is 2.88. The first kappa shape index (κ1) is 16.7. The van der Waals surface area contributed by atoms with E-state index >= 15 is 0 Å². The van der Waals surface area contributed by atoms with Crippen molar-refractivity contribution in [2.24, 2.45) is 5.41 Å². The molecule has 7 heteroatoms. The summed E-state index contributed by atoms with van der Waals surface area (Å²) in [4.78, 5) is 36.1. The van der Waals surface area contributed by atoms with Crippen LogP contribution in [0, 0.1) is 5.41 Å². The van der Waals surface area contributed by atoms with Crippen molar-refractivity contribution in [1.82, 2.24) is 10.2 Å². The van der Waals surface area contributed by atoms with E-state index in [0.717, 1.165) is 4.90 Å². The van der Waals surface area contributed by atoms with Gasteiger partial charge in [0.05, 0.1) is 12.8 Å². The first-order valence-corrected chi connectivity index (χ1v) is 6.44. The molecule has 2 N–H and O–H groups in total. The molecule has 1 unspecified atom stereocenters. The van der Waals surface area contributed by atoms with Gasteiger partial charge in [-0.3, -0.25) is 9.59 Å². The number of hydrogen-bond donors (Lipinski definition) is 2. The number of carboxylic acids is 1. The van der Waals surface area contributed by atoms with Gasteiger partial charge in [-0.15, -0.1) is 0 Å². The number of nitrogens with one attached hydrogen (secondary N) is 1. The highest BCUT2D eigenvalue weighted by Crippen LogP contribution is 2.19. The van der Waals surface area contributed by atoms with Crippen LogP contribution in [0.1, 0.15) is 31.3 Å². The van der Waals surface area contributed by atoms with Crippen LogP contribution in [-0.4, -0.2) is 47.4 Å². The normalized spacial score (nSPS) is 12.6. The predicted octanol–water partition coefficient (Wildman–Crippen LogP) is 0.967. The number of carbonyl (C=O) groups excluding carboxylic acids is 2. The Kier molecular flexibility index (Phi) is 5.12. The highest BCUT2D eigenvalue weighted by molar-refractivity contribution is 5.94. The highest BCUT2D eigenvalue weighted by Gasteiger charge is 2.33. The first-order chi connectivity index (χ1) is 9.62. The number of furan rings is 1. The van der Waals surface area contributed by atoms with Gasteiger partial charge in [-0.1, -0.05) is 20.8 Å². The lowest BCUT2D eigenvalue weighted by Gasteiger charge is -2.28. The summed E-state index contributed by atoms with van der Waals surface area (Å²) in [6.45, 7) is 4.89. The van der Waals surface area contributed by atoms with Crippen molar-refractivity contribution >= 4 is 17.8 Å². The molecule has 0 spiro atoms. The van der Waals surface area contributed by atoms with Gasteiger partial charge in [0.2, 0.25) is 5.91 Å². The van der Waals surface area contributed by atoms with E-state index in [0.29, 0.717) is 0 Å². The topological polar surface area (TPSA) is 99.9 Å². The van der Waals surface area contributed by atoms with Crippen molar-refractivity contribution in [2.45, 2.75) is 26.8 Å². The smallest absolute Gasteiger partial charge is 0.326 e. The molecular formula is C14H20N2O5. The fourth-order valence-electron chi connectivity index (χ4n) is 1.73. The lowest BCUT2D eigenvalue weighted by Crippen LogP contribution is -2.51. The van der Waals surface area contributed by atoms with Crippen molar-refractivity contribution in [3.05, 3.63) is 24.2 Å². The van der Waals surface area contributed by atoms with E-state index < -0.39 is 29.2 Å². The third-order valence-electron chi connectivity index (χ3n) is 2.88. The van der Waals surface area contributed by atoms with E-state index in [1.807, 2.05) is 0 Å². The van der Waals surface area contributed by atoms with Gasteiger partial charge in [-0.05, 0) is 17.5 Å². The van der Waals surface area contributed by atoms with Crippen molar-refractivity contribution in [3.63, 3.8) is 0 Å². The summed E-state index contributed by atoms with van der Waals surface area (Å²) in [5, 5.41) is 11.6. The van der Waals surface area contributed by atoms with Gasteiger partial charge in [-0.2, -0.15) is 0 Å². The van der Waals surface area contributed by atoms with Gasteiger partial charge in [0.1, 0.15) is 6.04 Å². The van der Waals surface area contributed by atoms with E-state index in [1.165, 1.54) is 19.4 Å². The number of amides is 2. The Morgan fingerprint density at radius 1 is 1.38 bits per heavy atom. The molecule has 1 heterocycles. The number of likely N-dealkylation sites (N-methyl/N-ethyl adjacent to an activating group) is 1. The van der Waals surface area contributed by atoms with E-state index in [9.17, 15) is 14.4 Å². The van der Waals surface area contributed by atoms with Gasteiger partial charge in [0.15, 0.2) is 5.76 Å². The standard InChI is InChI=1S/C14H20N2O5/c1-14(2,3)11(13(19)20)15-10(17)8-16(4)12(18)9-6-5-7-21-9/h5-7,11H,8H2,1-4H3,(H,15,17)(H,19,20). The zero-order valence-electron chi connectivity index (χ0n) is 12.5. The van der Waals surface area contributed by atoms with Gasteiger partial charge >= 0.3 is 5.97 Å². The second-order valence-electron chi connectivity index (χ2n) is 5.84. The van der Waals surface area contributed by atoms with Gasteiger partial charge in [-0.25, -0.2) is 4.79 Å². The average Bonchev–Trinajstić information content (AvgIpc) is 2.86. The Morgan fingerprint density at radius 3 is 2.43 bits per heavy atom. The fraction of sp³-hybridized carbons (Fsp3) is 0.500. The summed E-state index contributed by atoms with van der Waals surface area (Å²) in [7, 11) is 1.44. The lowest BCUT2D eigenvalue weighted by molar-refractivity contribution is -0.145. The second-order valence-corrected chi connectivity index (χ2v) is 5.84. The minimum absolute atomic E-state index is 0.121. The molecule has 0 aliphatic rings. The minimum Gasteiger partial charge on any atom is -0.480 e. The summed E-state index contributed by atoms with van der Waals surface area (Å²) in [5.74, 6) is -1.98. The highest BCUT2D eigenvalue weighted by atomic mass is 16.4. The van der Waals surface area contributed by atoms with Crippen LogP contribution in [0.2, 0.25) is 0 Å². The summed E-state index contributed by atoms with van der Waals surface area (Å²) < 4.78 is 4.95. The quantitative estimate of drug-likeness (QED) is 0.843. The summed E-state index contributed by atoms with van der Waals surface area (Å²) in [6, 6.07) is 2.03. The van der Waals surface area contributed by atoms with Crippen LogP contribution in [0.25, 0.3) is 0 Å². The van der Waals surface area contributed by atoms with Gasteiger partial charge in [0, 0.05) is 7.05 Å². The monoisotopic (exact) mass is 296 g/mol. The number of aliphatic carboxylic acids is 1. The van der Waals surface area contributed by atoms with Crippen LogP contribution in [0.4, 0.5) is 0 Å². The summed E-state index contributed by atoms with van der Waals surface area (Å²) in [5.41, 5.74) is -0.634. The molecule has 0 saturated heterocycles. The van der Waals surface area contributed by atoms with Crippen LogP contribution in [0.3, 0.4) is 0 Å². The largest absolute Gasteiger partial charge is 0.480 e. The van der Waals surface area contributed by atoms with Crippen molar-refractivity contribution in [2.75, 3.05) is 13.6 Å². The van der Waals surface area contributed by atoms with Gasteiger partial charge < -0.3 is 19.7 Å². The van der Waals surface area contributed by atoms with Crippen LogP contribution in [0.15, 0.2) is 22.8 Å². The predicted molar refractivity (Wildman–Crippen MR) is 74.7 cm³/mol. The Morgan fingerprint density at radius 2 is 2.00 bits per heavy atom. The van der Waals surface area contributed by atoms with Crippen molar-refractivity contribution < 1.29 is 23.9 Å². The molecule has 116 valence electrons. The Bertz CT molecular complexity index is 516. The molecule has 1 rings (SSSR count). The molecule has 0 radical (unpaired) electrons. The molecule has 0 bridgehead atoms. The number of nitrogens with zero attached hydrogens (tertiary/aromatic N) is 1. The molecule has 0 aliphatic carbocycles.